The van der Waals surface area contributed by atoms with Crippen LogP contribution in [0.15, 0.2) is 30.3 Å². The lowest BCUT2D eigenvalue weighted by Crippen LogP contribution is -2.49. The van der Waals surface area contributed by atoms with E-state index in [9.17, 15) is 9.59 Å². The molecule has 0 spiro atoms. The highest BCUT2D eigenvalue weighted by molar-refractivity contribution is 5.79. The maximum atomic E-state index is 12.8. The summed E-state index contributed by atoms with van der Waals surface area (Å²) in [5, 5.41) is 0. The van der Waals surface area contributed by atoms with E-state index in [0.717, 1.165) is 65.0 Å². The summed E-state index contributed by atoms with van der Waals surface area (Å²) in [4.78, 5) is 32.0. The SMILES string of the molecule is O=C(CC1CCN(C(=O)C2CCCCC2)CC1)N1CCN(c2ccccc2)CC1. The standard InChI is InChI=1S/C24H35N3O2/c28-23(26-17-15-25(16-18-26)22-9-5-2-6-10-22)19-20-11-13-27(14-12-20)24(29)21-7-3-1-4-8-21/h2,5-6,9-10,20-21H,1,3-4,7-8,11-19H2. The smallest absolute Gasteiger partial charge is 0.225 e. The largest absolute Gasteiger partial charge is 0.368 e. The number of hydrogen-bond acceptors (Lipinski definition) is 3. The Bertz CT molecular complexity index is 671. The Labute approximate surface area is 175 Å². The van der Waals surface area contributed by atoms with Crippen molar-refractivity contribution in [2.45, 2.75) is 51.4 Å². The van der Waals surface area contributed by atoms with E-state index in [1.807, 2.05) is 11.0 Å². The van der Waals surface area contributed by atoms with Crippen molar-refractivity contribution >= 4 is 17.5 Å². The van der Waals surface area contributed by atoms with Crippen LogP contribution in [0.2, 0.25) is 0 Å². The molecule has 158 valence electrons. The van der Waals surface area contributed by atoms with Crippen molar-refractivity contribution < 1.29 is 9.59 Å². The number of piperazine rings is 1. The predicted molar refractivity (Wildman–Crippen MR) is 116 cm³/mol. The molecule has 29 heavy (non-hydrogen) atoms. The van der Waals surface area contributed by atoms with E-state index < -0.39 is 0 Å². The van der Waals surface area contributed by atoms with Crippen LogP contribution in [0, 0.1) is 11.8 Å². The number of piperidine rings is 1. The third-order valence-corrected chi connectivity index (χ3v) is 7.10. The van der Waals surface area contributed by atoms with Gasteiger partial charge in [0.25, 0.3) is 0 Å². The summed E-state index contributed by atoms with van der Waals surface area (Å²) in [7, 11) is 0. The summed E-state index contributed by atoms with van der Waals surface area (Å²) < 4.78 is 0. The molecule has 2 heterocycles. The monoisotopic (exact) mass is 397 g/mol. The molecule has 1 aliphatic carbocycles. The number of carbonyl (C=O) groups is 2. The van der Waals surface area contributed by atoms with Gasteiger partial charge in [0.2, 0.25) is 11.8 Å². The zero-order chi connectivity index (χ0) is 20.1. The van der Waals surface area contributed by atoms with E-state index in [-0.39, 0.29) is 5.92 Å². The Balaban J connectivity index is 1.19. The van der Waals surface area contributed by atoms with Gasteiger partial charge in [-0.05, 0) is 43.7 Å². The predicted octanol–water partition coefficient (Wildman–Crippen LogP) is 3.54. The topological polar surface area (TPSA) is 43.9 Å². The van der Waals surface area contributed by atoms with Crippen LogP contribution in [-0.2, 0) is 9.59 Å². The van der Waals surface area contributed by atoms with Crippen LogP contribution in [0.1, 0.15) is 51.4 Å². The van der Waals surface area contributed by atoms with Crippen LogP contribution in [0.3, 0.4) is 0 Å². The Morgan fingerprint density at radius 1 is 0.759 bits per heavy atom. The van der Waals surface area contributed by atoms with Crippen molar-refractivity contribution in [1.82, 2.24) is 9.80 Å². The molecule has 5 heteroatoms. The molecule has 1 saturated carbocycles. The van der Waals surface area contributed by atoms with Gasteiger partial charge in [-0.3, -0.25) is 9.59 Å². The van der Waals surface area contributed by atoms with Gasteiger partial charge in [-0.25, -0.2) is 0 Å². The Hall–Kier alpha value is -2.04. The van der Waals surface area contributed by atoms with E-state index in [0.29, 0.717) is 24.2 Å². The molecule has 2 amide bonds. The minimum atomic E-state index is 0.267. The molecule has 0 bridgehead atoms. The Morgan fingerprint density at radius 2 is 1.41 bits per heavy atom. The van der Waals surface area contributed by atoms with Gasteiger partial charge in [0.1, 0.15) is 0 Å². The molecule has 5 nitrogen and oxygen atoms in total. The summed E-state index contributed by atoms with van der Waals surface area (Å²) in [5.41, 5.74) is 1.25. The number of anilines is 1. The normalized spacial score (nSPS) is 22.0. The van der Waals surface area contributed by atoms with Crippen molar-refractivity contribution in [1.29, 1.82) is 0 Å². The fraction of sp³-hybridized carbons (Fsp3) is 0.667. The second-order valence-corrected chi connectivity index (χ2v) is 9.01. The lowest BCUT2D eigenvalue weighted by atomic mass is 9.86. The number of nitrogens with zero attached hydrogens (tertiary/aromatic N) is 3. The van der Waals surface area contributed by atoms with Crippen LogP contribution in [0.25, 0.3) is 0 Å². The minimum absolute atomic E-state index is 0.267. The van der Waals surface area contributed by atoms with Gasteiger partial charge in [-0.15, -0.1) is 0 Å². The van der Waals surface area contributed by atoms with Gasteiger partial charge in [0.05, 0.1) is 0 Å². The second kappa shape index (κ2) is 9.64. The van der Waals surface area contributed by atoms with E-state index in [4.69, 9.17) is 0 Å². The van der Waals surface area contributed by atoms with Crippen molar-refractivity contribution in [2.24, 2.45) is 11.8 Å². The first kappa shape index (κ1) is 20.2. The molecular formula is C24H35N3O2. The molecule has 3 fully saturated rings. The summed E-state index contributed by atoms with van der Waals surface area (Å²) >= 11 is 0. The molecular weight excluding hydrogens is 362 g/mol. The van der Waals surface area contributed by atoms with Crippen LogP contribution >= 0.6 is 0 Å². The molecule has 2 aliphatic heterocycles. The first-order valence-electron chi connectivity index (χ1n) is 11.6. The molecule has 4 rings (SSSR count). The Kier molecular flexibility index (Phi) is 6.73. The maximum Gasteiger partial charge on any atom is 0.225 e. The van der Waals surface area contributed by atoms with Gasteiger partial charge >= 0.3 is 0 Å². The summed E-state index contributed by atoms with van der Waals surface area (Å²) in [6, 6.07) is 10.5. The summed E-state index contributed by atoms with van der Waals surface area (Å²) in [6.07, 6.45) is 8.46. The van der Waals surface area contributed by atoms with Crippen molar-refractivity contribution in [3.05, 3.63) is 30.3 Å². The fourth-order valence-corrected chi connectivity index (χ4v) is 5.19. The first-order valence-corrected chi connectivity index (χ1v) is 11.6. The summed E-state index contributed by atoms with van der Waals surface area (Å²) in [6.45, 7) is 5.12. The van der Waals surface area contributed by atoms with Crippen LogP contribution in [0.4, 0.5) is 5.69 Å². The lowest BCUT2D eigenvalue weighted by molar-refractivity contribution is -0.138. The van der Waals surface area contributed by atoms with Gasteiger partial charge in [0.15, 0.2) is 0 Å². The average molecular weight is 398 g/mol. The molecule has 3 aliphatic rings. The van der Waals surface area contributed by atoms with Crippen molar-refractivity contribution in [2.75, 3.05) is 44.2 Å². The zero-order valence-electron chi connectivity index (χ0n) is 17.6. The Morgan fingerprint density at radius 3 is 2.07 bits per heavy atom. The van der Waals surface area contributed by atoms with E-state index in [1.165, 1.54) is 24.9 Å². The number of hydrogen-bond donors (Lipinski definition) is 0. The number of rotatable bonds is 4. The van der Waals surface area contributed by atoms with E-state index in [2.05, 4.69) is 34.1 Å². The van der Waals surface area contributed by atoms with Crippen molar-refractivity contribution in [3.8, 4) is 0 Å². The molecule has 0 atom stereocenters. The van der Waals surface area contributed by atoms with Gasteiger partial charge in [0, 0.05) is 57.3 Å². The van der Waals surface area contributed by atoms with Gasteiger partial charge in [-0.2, -0.15) is 0 Å². The maximum absolute atomic E-state index is 12.8. The average Bonchev–Trinajstić information content (AvgIpc) is 2.80. The van der Waals surface area contributed by atoms with E-state index >= 15 is 0 Å². The molecule has 2 saturated heterocycles. The quantitative estimate of drug-likeness (QED) is 0.780. The number of carbonyl (C=O) groups excluding carboxylic acids is 2. The molecule has 0 aromatic heterocycles. The van der Waals surface area contributed by atoms with Crippen LogP contribution in [0.5, 0.6) is 0 Å². The molecule has 1 aromatic rings. The molecule has 1 aromatic carbocycles. The summed E-state index contributed by atoms with van der Waals surface area (Å²) in [5.74, 6) is 1.38. The second-order valence-electron chi connectivity index (χ2n) is 9.01. The number of amides is 2. The van der Waals surface area contributed by atoms with Gasteiger partial charge < -0.3 is 14.7 Å². The number of benzene rings is 1. The number of likely N-dealkylation sites (tertiary alicyclic amines) is 1. The third kappa shape index (κ3) is 5.12. The van der Waals surface area contributed by atoms with Crippen LogP contribution < -0.4 is 4.90 Å². The fourth-order valence-electron chi connectivity index (χ4n) is 5.19. The van der Waals surface area contributed by atoms with Gasteiger partial charge in [-0.1, -0.05) is 37.5 Å². The minimum Gasteiger partial charge on any atom is -0.368 e. The van der Waals surface area contributed by atoms with Crippen LogP contribution in [-0.4, -0.2) is 60.9 Å². The highest BCUT2D eigenvalue weighted by atomic mass is 16.2. The van der Waals surface area contributed by atoms with E-state index in [1.54, 1.807) is 0 Å². The molecule has 0 unspecified atom stereocenters. The molecule has 0 radical (unpaired) electrons. The highest BCUT2D eigenvalue weighted by Gasteiger charge is 2.31. The lowest BCUT2D eigenvalue weighted by Gasteiger charge is -2.38. The van der Waals surface area contributed by atoms with Crippen molar-refractivity contribution in [3.63, 3.8) is 0 Å². The molecule has 0 N–H and O–H groups in total. The number of para-hydroxylation sites is 1. The third-order valence-electron chi connectivity index (χ3n) is 7.10. The first-order chi connectivity index (χ1) is 14.2. The highest BCUT2D eigenvalue weighted by Crippen LogP contribution is 2.28. The zero-order valence-corrected chi connectivity index (χ0v) is 17.6.